The Kier molecular flexibility index (Phi) is 2.33. The van der Waals surface area contributed by atoms with Gasteiger partial charge in [0.25, 0.3) is 0 Å². The van der Waals surface area contributed by atoms with Crippen molar-refractivity contribution in [1.82, 2.24) is 10.6 Å². The highest BCUT2D eigenvalue weighted by atomic mass is 16.2. The smallest absolute Gasteiger partial charge is 0.315 e. The molecule has 0 aliphatic heterocycles. The van der Waals surface area contributed by atoms with E-state index in [-0.39, 0.29) is 6.03 Å². The first-order chi connectivity index (χ1) is 7.33. The molecule has 0 aromatic heterocycles. The van der Waals surface area contributed by atoms with Gasteiger partial charge in [0.15, 0.2) is 0 Å². The van der Waals surface area contributed by atoms with Gasteiger partial charge in [0.2, 0.25) is 0 Å². The van der Waals surface area contributed by atoms with Gasteiger partial charge in [-0.3, -0.25) is 0 Å². The monoisotopic (exact) mass is 208 g/mol. The molecule has 3 fully saturated rings. The molecule has 84 valence electrons. The van der Waals surface area contributed by atoms with E-state index in [0.29, 0.717) is 12.1 Å². The number of carbonyl (C=O) groups excluding carboxylic acids is 1. The van der Waals surface area contributed by atoms with Crippen LogP contribution in [-0.4, -0.2) is 18.1 Å². The normalized spacial score (nSPS) is 26.2. The van der Waals surface area contributed by atoms with E-state index in [1.54, 1.807) is 0 Å². The Labute approximate surface area is 91.0 Å². The van der Waals surface area contributed by atoms with Crippen LogP contribution in [0.3, 0.4) is 0 Å². The van der Waals surface area contributed by atoms with Crippen LogP contribution in [0.4, 0.5) is 4.79 Å². The van der Waals surface area contributed by atoms with Crippen molar-refractivity contribution in [3.05, 3.63) is 0 Å². The molecule has 2 N–H and O–H groups in total. The van der Waals surface area contributed by atoms with Gasteiger partial charge < -0.3 is 10.6 Å². The summed E-state index contributed by atoms with van der Waals surface area (Å²) in [5.74, 6) is 1.59. The minimum absolute atomic E-state index is 0.0866. The minimum atomic E-state index is 0.0866. The van der Waals surface area contributed by atoms with Crippen LogP contribution in [-0.2, 0) is 0 Å². The number of rotatable bonds is 4. The molecule has 0 radical (unpaired) electrons. The number of hydrogen-bond acceptors (Lipinski definition) is 1. The second kappa shape index (κ2) is 3.69. The molecule has 2 amide bonds. The zero-order valence-corrected chi connectivity index (χ0v) is 9.17. The molecular formula is C12H20N2O. The fourth-order valence-electron chi connectivity index (χ4n) is 2.46. The van der Waals surface area contributed by atoms with Crippen molar-refractivity contribution in [2.75, 3.05) is 0 Å². The third-order valence-corrected chi connectivity index (χ3v) is 4.00. The summed E-state index contributed by atoms with van der Waals surface area (Å²) >= 11 is 0. The fourth-order valence-corrected chi connectivity index (χ4v) is 2.46. The second-order valence-electron chi connectivity index (χ2n) is 5.45. The van der Waals surface area contributed by atoms with Crippen molar-refractivity contribution in [2.24, 2.45) is 11.8 Å². The average Bonchev–Trinajstić information content (AvgIpc) is 3.00. The Morgan fingerprint density at radius 2 is 1.60 bits per heavy atom. The van der Waals surface area contributed by atoms with E-state index < -0.39 is 0 Å². The lowest BCUT2D eigenvalue weighted by Crippen LogP contribution is -2.49. The summed E-state index contributed by atoms with van der Waals surface area (Å²) in [6.07, 6.45) is 8.92. The lowest BCUT2D eigenvalue weighted by molar-refractivity contribution is 0.221. The standard InChI is InChI=1S/C12H20N2O/c15-12(13-10-2-1-3-10)14-11(8-4-5-8)9-6-7-9/h8-11H,1-7H2,(H2,13,14,15). The first-order valence-electron chi connectivity index (χ1n) is 6.40. The maximum absolute atomic E-state index is 11.7. The quantitative estimate of drug-likeness (QED) is 0.729. The predicted molar refractivity (Wildman–Crippen MR) is 58.5 cm³/mol. The van der Waals surface area contributed by atoms with Crippen LogP contribution < -0.4 is 10.6 Å². The molecule has 3 nitrogen and oxygen atoms in total. The van der Waals surface area contributed by atoms with E-state index in [1.807, 2.05) is 0 Å². The predicted octanol–water partition coefficient (Wildman–Crippen LogP) is 2.03. The highest BCUT2D eigenvalue weighted by Crippen LogP contribution is 2.44. The number of carbonyl (C=O) groups is 1. The van der Waals surface area contributed by atoms with Crippen LogP contribution in [0, 0.1) is 11.8 Å². The van der Waals surface area contributed by atoms with Gasteiger partial charge in [-0.05, 0) is 56.8 Å². The molecular weight excluding hydrogens is 188 g/mol. The van der Waals surface area contributed by atoms with Gasteiger partial charge in [0.1, 0.15) is 0 Å². The van der Waals surface area contributed by atoms with Gasteiger partial charge in [-0.15, -0.1) is 0 Å². The summed E-state index contributed by atoms with van der Waals surface area (Å²) in [7, 11) is 0. The van der Waals surface area contributed by atoms with Crippen LogP contribution in [0.15, 0.2) is 0 Å². The van der Waals surface area contributed by atoms with Crippen LogP contribution >= 0.6 is 0 Å². The third-order valence-electron chi connectivity index (χ3n) is 4.00. The van der Waals surface area contributed by atoms with Crippen LogP contribution in [0.5, 0.6) is 0 Å². The average molecular weight is 208 g/mol. The molecule has 3 rings (SSSR count). The van der Waals surface area contributed by atoms with Crippen molar-refractivity contribution in [3.63, 3.8) is 0 Å². The summed E-state index contributed by atoms with van der Waals surface area (Å²) in [6.45, 7) is 0. The van der Waals surface area contributed by atoms with Crippen molar-refractivity contribution in [2.45, 2.75) is 57.0 Å². The van der Waals surface area contributed by atoms with E-state index >= 15 is 0 Å². The van der Waals surface area contributed by atoms with E-state index in [1.165, 1.54) is 44.9 Å². The first kappa shape index (κ1) is 9.49. The van der Waals surface area contributed by atoms with Gasteiger partial charge in [-0.1, -0.05) is 0 Å². The van der Waals surface area contributed by atoms with Crippen LogP contribution in [0.1, 0.15) is 44.9 Å². The SMILES string of the molecule is O=C(NC1CCC1)NC(C1CC1)C1CC1. The van der Waals surface area contributed by atoms with Gasteiger partial charge in [-0.25, -0.2) is 4.79 Å². The first-order valence-corrected chi connectivity index (χ1v) is 6.40. The molecule has 3 aliphatic carbocycles. The summed E-state index contributed by atoms with van der Waals surface area (Å²) in [5, 5.41) is 6.25. The fraction of sp³-hybridized carbons (Fsp3) is 0.917. The molecule has 0 spiro atoms. The molecule has 0 saturated heterocycles. The zero-order valence-electron chi connectivity index (χ0n) is 9.17. The molecule has 3 heteroatoms. The molecule has 0 unspecified atom stereocenters. The number of amides is 2. The van der Waals surface area contributed by atoms with Gasteiger partial charge in [0, 0.05) is 12.1 Å². The van der Waals surface area contributed by atoms with Crippen molar-refractivity contribution < 1.29 is 4.79 Å². The second-order valence-corrected chi connectivity index (χ2v) is 5.45. The summed E-state index contributed by atoms with van der Waals surface area (Å²) in [6, 6.07) is 1.04. The Bertz CT molecular complexity index is 242. The Morgan fingerprint density at radius 3 is 2.00 bits per heavy atom. The van der Waals surface area contributed by atoms with Crippen molar-refractivity contribution >= 4 is 6.03 Å². The maximum atomic E-state index is 11.7. The van der Waals surface area contributed by atoms with E-state index in [4.69, 9.17) is 0 Å². The summed E-state index contributed by atoms with van der Waals surface area (Å²) in [4.78, 5) is 11.7. The molecule has 0 heterocycles. The Morgan fingerprint density at radius 1 is 1.00 bits per heavy atom. The molecule has 0 atom stereocenters. The molecule has 3 saturated carbocycles. The topological polar surface area (TPSA) is 41.1 Å². The molecule has 3 aliphatic rings. The van der Waals surface area contributed by atoms with E-state index in [9.17, 15) is 4.79 Å². The third kappa shape index (κ3) is 2.27. The molecule has 0 bridgehead atoms. The van der Waals surface area contributed by atoms with E-state index in [2.05, 4.69) is 10.6 Å². The Hall–Kier alpha value is -0.730. The van der Waals surface area contributed by atoms with Crippen LogP contribution in [0.25, 0.3) is 0 Å². The lowest BCUT2D eigenvalue weighted by atomic mass is 9.93. The highest BCUT2D eigenvalue weighted by Gasteiger charge is 2.42. The highest BCUT2D eigenvalue weighted by molar-refractivity contribution is 5.74. The molecule has 15 heavy (non-hydrogen) atoms. The Balaban J connectivity index is 1.46. The van der Waals surface area contributed by atoms with Gasteiger partial charge in [-0.2, -0.15) is 0 Å². The summed E-state index contributed by atoms with van der Waals surface area (Å²) < 4.78 is 0. The van der Waals surface area contributed by atoms with Gasteiger partial charge >= 0.3 is 6.03 Å². The summed E-state index contributed by atoms with van der Waals surface area (Å²) in [5.41, 5.74) is 0. The van der Waals surface area contributed by atoms with Crippen LogP contribution in [0.2, 0.25) is 0 Å². The molecule has 0 aromatic rings. The largest absolute Gasteiger partial charge is 0.335 e. The maximum Gasteiger partial charge on any atom is 0.315 e. The van der Waals surface area contributed by atoms with Gasteiger partial charge in [0.05, 0.1) is 0 Å². The number of urea groups is 1. The minimum Gasteiger partial charge on any atom is -0.335 e. The zero-order chi connectivity index (χ0) is 10.3. The van der Waals surface area contributed by atoms with Crippen molar-refractivity contribution in [3.8, 4) is 0 Å². The van der Waals surface area contributed by atoms with Crippen molar-refractivity contribution in [1.29, 1.82) is 0 Å². The number of hydrogen-bond donors (Lipinski definition) is 2. The molecule has 0 aromatic carbocycles. The lowest BCUT2D eigenvalue weighted by Gasteiger charge is -2.28. The van der Waals surface area contributed by atoms with E-state index in [0.717, 1.165) is 11.8 Å². The number of nitrogens with one attached hydrogen (secondary N) is 2.